The van der Waals surface area contributed by atoms with E-state index in [1.54, 1.807) is 18.5 Å². The van der Waals surface area contributed by atoms with Gasteiger partial charge in [0.1, 0.15) is 5.82 Å². The molecule has 1 atom stereocenters. The third-order valence-corrected chi connectivity index (χ3v) is 2.84. The van der Waals surface area contributed by atoms with Crippen LogP contribution in [-0.4, -0.2) is 4.98 Å². The molecule has 17 heavy (non-hydrogen) atoms. The predicted octanol–water partition coefficient (Wildman–Crippen LogP) is 2.89. The van der Waals surface area contributed by atoms with Crippen molar-refractivity contribution in [3.63, 3.8) is 0 Å². The normalized spacial score (nSPS) is 12.5. The van der Waals surface area contributed by atoms with Gasteiger partial charge in [-0.2, -0.15) is 0 Å². The lowest BCUT2D eigenvalue weighted by molar-refractivity contribution is 0.595. The molecule has 0 bridgehead atoms. The lowest BCUT2D eigenvalue weighted by Gasteiger charge is -2.16. The van der Waals surface area contributed by atoms with E-state index in [-0.39, 0.29) is 5.82 Å². The fourth-order valence-electron chi connectivity index (χ4n) is 2.05. The Morgan fingerprint density at radius 2 is 2.06 bits per heavy atom. The van der Waals surface area contributed by atoms with Crippen molar-refractivity contribution in [2.24, 2.45) is 5.73 Å². The van der Waals surface area contributed by atoms with Crippen molar-refractivity contribution in [3.8, 4) is 0 Å². The van der Waals surface area contributed by atoms with Crippen LogP contribution in [0.2, 0.25) is 0 Å². The van der Waals surface area contributed by atoms with Gasteiger partial charge < -0.3 is 5.73 Å². The van der Waals surface area contributed by atoms with Crippen LogP contribution in [0.25, 0.3) is 0 Å². The summed E-state index contributed by atoms with van der Waals surface area (Å²) in [4.78, 5) is 4.01. The van der Waals surface area contributed by atoms with E-state index in [0.29, 0.717) is 5.56 Å². The van der Waals surface area contributed by atoms with Gasteiger partial charge in [0.2, 0.25) is 0 Å². The van der Waals surface area contributed by atoms with E-state index in [4.69, 9.17) is 5.73 Å². The second kappa shape index (κ2) is 4.63. The van der Waals surface area contributed by atoms with Gasteiger partial charge in [-0.1, -0.05) is 12.1 Å². The van der Waals surface area contributed by atoms with Crippen LogP contribution in [-0.2, 0) is 0 Å². The van der Waals surface area contributed by atoms with E-state index < -0.39 is 6.04 Å². The molecule has 1 heterocycles. The largest absolute Gasteiger partial charge is 0.320 e. The van der Waals surface area contributed by atoms with E-state index >= 15 is 0 Å². The van der Waals surface area contributed by atoms with Gasteiger partial charge >= 0.3 is 0 Å². The number of aryl methyl sites for hydroxylation is 2. The van der Waals surface area contributed by atoms with Gasteiger partial charge in [0.15, 0.2) is 0 Å². The molecule has 0 aliphatic carbocycles. The number of hydrogen-bond donors (Lipinski definition) is 1. The fraction of sp³-hybridized carbons (Fsp3) is 0.214. The van der Waals surface area contributed by atoms with Crippen LogP contribution < -0.4 is 5.73 Å². The van der Waals surface area contributed by atoms with Gasteiger partial charge in [0.25, 0.3) is 0 Å². The van der Waals surface area contributed by atoms with Crippen LogP contribution in [0.1, 0.15) is 28.3 Å². The quantitative estimate of drug-likeness (QED) is 0.861. The average Bonchev–Trinajstić information content (AvgIpc) is 2.28. The highest BCUT2D eigenvalue weighted by molar-refractivity contribution is 5.38. The summed E-state index contributed by atoms with van der Waals surface area (Å²) < 4.78 is 13.9. The molecule has 1 aromatic carbocycles. The van der Waals surface area contributed by atoms with Crippen molar-refractivity contribution >= 4 is 0 Å². The first kappa shape index (κ1) is 11.7. The van der Waals surface area contributed by atoms with Crippen molar-refractivity contribution in [1.29, 1.82) is 0 Å². The van der Waals surface area contributed by atoms with Gasteiger partial charge in [-0.25, -0.2) is 4.39 Å². The Morgan fingerprint density at radius 1 is 1.29 bits per heavy atom. The Balaban J connectivity index is 2.48. The van der Waals surface area contributed by atoms with Crippen LogP contribution in [0.15, 0.2) is 36.7 Å². The van der Waals surface area contributed by atoms with Crippen LogP contribution in [0.4, 0.5) is 4.39 Å². The van der Waals surface area contributed by atoms with Gasteiger partial charge in [-0.15, -0.1) is 0 Å². The smallest absolute Gasteiger partial charge is 0.128 e. The first-order valence-electron chi connectivity index (χ1n) is 5.51. The summed E-state index contributed by atoms with van der Waals surface area (Å²) in [7, 11) is 0. The molecule has 0 aliphatic rings. The number of halogens is 1. The predicted molar refractivity (Wildman–Crippen MR) is 66.1 cm³/mol. The molecule has 1 aromatic heterocycles. The molecule has 0 radical (unpaired) electrons. The van der Waals surface area contributed by atoms with Crippen molar-refractivity contribution in [3.05, 3.63) is 64.7 Å². The molecular weight excluding hydrogens is 215 g/mol. The molecule has 0 fully saturated rings. The molecule has 0 amide bonds. The molecule has 1 unspecified atom stereocenters. The first-order valence-corrected chi connectivity index (χ1v) is 5.51. The molecule has 0 saturated carbocycles. The van der Waals surface area contributed by atoms with E-state index in [9.17, 15) is 4.39 Å². The highest BCUT2D eigenvalue weighted by Crippen LogP contribution is 2.25. The minimum Gasteiger partial charge on any atom is -0.320 e. The summed E-state index contributed by atoms with van der Waals surface area (Å²) >= 11 is 0. The van der Waals surface area contributed by atoms with Gasteiger partial charge in [0, 0.05) is 18.0 Å². The van der Waals surface area contributed by atoms with Crippen LogP contribution in [0, 0.1) is 19.7 Å². The van der Waals surface area contributed by atoms with Crippen LogP contribution in [0.3, 0.4) is 0 Å². The maximum Gasteiger partial charge on any atom is 0.128 e. The summed E-state index contributed by atoms with van der Waals surface area (Å²) in [6.07, 6.45) is 3.35. The van der Waals surface area contributed by atoms with E-state index in [1.807, 2.05) is 26.0 Å². The molecule has 0 saturated heterocycles. The minimum atomic E-state index is -0.468. The lowest BCUT2D eigenvalue weighted by Crippen LogP contribution is -2.15. The Bertz CT molecular complexity index is 500. The zero-order valence-corrected chi connectivity index (χ0v) is 9.94. The van der Waals surface area contributed by atoms with Gasteiger partial charge in [-0.05, 0) is 42.7 Å². The number of nitrogens with two attached hydrogens (primary N) is 1. The molecule has 2 N–H and O–H groups in total. The zero-order valence-electron chi connectivity index (χ0n) is 9.94. The second-order valence-electron chi connectivity index (χ2n) is 4.24. The summed E-state index contributed by atoms with van der Waals surface area (Å²) in [5.41, 5.74) is 9.23. The Labute approximate surface area is 100 Å². The molecule has 88 valence electrons. The fourth-order valence-corrected chi connectivity index (χ4v) is 2.05. The molecule has 0 spiro atoms. The van der Waals surface area contributed by atoms with Gasteiger partial charge in [-0.3, -0.25) is 4.98 Å². The topological polar surface area (TPSA) is 38.9 Å². The van der Waals surface area contributed by atoms with Crippen molar-refractivity contribution < 1.29 is 4.39 Å². The molecule has 2 rings (SSSR count). The molecule has 3 heteroatoms. The van der Waals surface area contributed by atoms with E-state index in [0.717, 1.165) is 16.7 Å². The maximum atomic E-state index is 13.9. The Morgan fingerprint density at radius 3 is 2.65 bits per heavy atom. The zero-order chi connectivity index (χ0) is 12.4. The standard InChI is InChI=1S/C14H15FN2/c1-9-6-10(2)13(12(15)7-9)14(16)11-4-3-5-17-8-11/h3-8,14H,16H2,1-2H3. The van der Waals surface area contributed by atoms with Crippen molar-refractivity contribution in [2.45, 2.75) is 19.9 Å². The third-order valence-electron chi connectivity index (χ3n) is 2.84. The van der Waals surface area contributed by atoms with Gasteiger partial charge in [0.05, 0.1) is 6.04 Å². The van der Waals surface area contributed by atoms with E-state index in [1.165, 1.54) is 6.07 Å². The Hall–Kier alpha value is -1.74. The van der Waals surface area contributed by atoms with Crippen molar-refractivity contribution in [1.82, 2.24) is 4.98 Å². The average molecular weight is 230 g/mol. The van der Waals surface area contributed by atoms with Crippen LogP contribution in [0.5, 0.6) is 0 Å². The van der Waals surface area contributed by atoms with Crippen LogP contribution >= 0.6 is 0 Å². The summed E-state index contributed by atoms with van der Waals surface area (Å²) in [6.45, 7) is 3.75. The second-order valence-corrected chi connectivity index (χ2v) is 4.24. The number of benzene rings is 1. The monoisotopic (exact) mass is 230 g/mol. The summed E-state index contributed by atoms with van der Waals surface area (Å²) in [6, 6.07) is 6.64. The third kappa shape index (κ3) is 2.34. The number of pyridine rings is 1. The van der Waals surface area contributed by atoms with E-state index in [2.05, 4.69) is 4.98 Å². The molecule has 2 nitrogen and oxygen atoms in total. The highest BCUT2D eigenvalue weighted by Gasteiger charge is 2.16. The maximum absolute atomic E-state index is 13.9. The van der Waals surface area contributed by atoms with Crippen molar-refractivity contribution in [2.75, 3.05) is 0 Å². The summed E-state index contributed by atoms with van der Waals surface area (Å²) in [5, 5.41) is 0. The lowest BCUT2D eigenvalue weighted by atomic mass is 9.95. The molecular formula is C14H15FN2. The number of nitrogens with zero attached hydrogens (tertiary/aromatic N) is 1. The minimum absolute atomic E-state index is 0.251. The summed E-state index contributed by atoms with van der Waals surface area (Å²) in [5.74, 6) is -0.251. The SMILES string of the molecule is Cc1cc(C)c(C(N)c2cccnc2)c(F)c1. The first-order chi connectivity index (χ1) is 8.09. The number of rotatable bonds is 2. The Kier molecular flexibility index (Phi) is 3.20. The molecule has 2 aromatic rings. The molecule has 0 aliphatic heterocycles. The number of aromatic nitrogens is 1. The number of hydrogen-bond acceptors (Lipinski definition) is 2. The highest BCUT2D eigenvalue weighted by atomic mass is 19.1.